The maximum Gasteiger partial charge on any atom is 0.362 e. The number of nitrogens with zero attached hydrogens (tertiary/aromatic N) is 8. The van der Waals surface area contributed by atoms with E-state index in [9.17, 15) is 32.5 Å². The molecule has 1 aliphatic carbocycles. The standard InChI is InChI=1S/C21H28N12O8S2/c22-10-1-4-31(7-10)19(23)25-5-11-6-26-32(29-11)8-13-15(17(35)33(13)43(38,39)40)28-16(34)14(12-9-42-20(24)27-12)30-41-21(2-3-21)18(36)37/h6,9-10,13,15H,1-5,7-8,22H2,(H2,23,25)(H2,24,27)(H,28,34)(H,36,37)(H,38,39,40)/b30-14-/t10-,13-,15?/m0/s1. The van der Waals surface area contributed by atoms with E-state index in [1.807, 2.05) is 4.90 Å². The number of aromatic nitrogens is 4. The van der Waals surface area contributed by atoms with Crippen molar-refractivity contribution in [3.63, 3.8) is 0 Å². The van der Waals surface area contributed by atoms with E-state index in [0.29, 0.717) is 18.8 Å². The molecule has 20 nitrogen and oxygen atoms in total. The zero-order chi connectivity index (χ0) is 31.1. The molecule has 0 aromatic carbocycles. The van der Waals surface area contributed by atoms with Crippen LogP contribution in [0.25, 0.3) is 0 Å². The summed E-state index contributed by atoms with van der Waals surface area (Å²) >= 11 is 0.967. The van der Waals surface area contributed by atoms with Gasteiger partial charge in [0.1, 0.15) is 23.5 Å². The summed E-state index contributed by atoms with van der Waals surface area (Å²) in [4.78, 5) is 53.8. The maximum absolute atomic E-state index is 13.2. The number of aliphatic carboxylic acids is 1. The molecule has 2 aromatic heterocycles. The number of oxime groups is 1. The number of nitrogens with two attached hydrogens (primary N) is 3. The lowest BCUT2D eigenvalue weighted by atomic mass is 9.98. The summed E-state index contributed by atoms with van der Waals surface area (Å²) in [5.74, 6) is -3.17. The Balaban J connectivity index is 1.31. The Labute approximate surface area is 247 Å². The number of aliphatic imine (C=N–C) groups is 1. The molecule has 5 rings (SSSR count). The molecule has 2 aliphatic heterocycles. The molecule has 2 aromatic rings. The van der Waals surface area contributed by atoms with E-state index in [-0.39, 0.29) is 53.1 Å². The molecule has 1 unspecified atom stereocenters. The van der Waals surface area contributed by atoms with Crippen molar-refractivity contribution in [1.82, 2.24) is 34.5 Å². The Morgan fingerprint density at radius 3 is 2.65 bits per heavy atom. The van der Waals surface area contributed by atoms with E-state index in [2.05, 4.69) is 30.6 Å². The Hall–Kier alpha value is -4.41. The van der Waals surface area contributed by atoms with Crippen molar-refractivity contribution in [3.05, 3.63) is 23.0 Å². The highest BCUT2D eigenvalue weighted by molar-refractivity contribution is 7.84. The van der Waals surface area contributed by atoms with Crippen LogP contribution in [0, 0.1) is 0 Å². The van der Waals surface area contributed by atoms with Gasteiger partial charge in [0.25, 0.3) is 11.8 Å². The largest absolute Gasteiger partial charge is 0.478 e. The van der Waals surface area contributed by atoms with Gasteiger partial charge in [-0.25, -0.2) is 19.1 Å². The number of hydrogen-bond donors (Lipinski definition) is 6. The Bertz CT molecular complexity index is 1600. The van der Waals surface area contributed by atoms with Gasteiger partial charge in [-0.15, -0.1) is 11.3 Å². The van der Waals surface area contributed by atoms with Gasteiger partial charge >= 0.3 is 16.3 Å². The smallest absolute Gasteiger partial charge is 0.362 e. The van der Waals surface area contributed by atoms with Crippen LogP contribution in [-0.2, 0) is 42.6 Å². The van der Waals surface area contributed by atoms with Crippen molar-refractivity contribution >= 4 is 56.2 Å². The van der Waals surface area contributed by atoms with Crippen LogP contribution in [0.1, 0.15) is 30.7 Å². The molecule has 2 saturated heterocycles. The second-order valence-corrected chi connectivity index (χ2v) is 12.3. The molecule has 22 heteroatoms. The van der Waals surface area contributed by atoms with E-state index >= 15 is 0 Å². The second-order valence-electron chi connectivity index (χ2n) is 10.1. The lowest BCUT2D eigenvalue weighted by molar-refractivity contribution is -0.153. The van der Waals surface area contributed by atoms with Gasteiger partial charge in [0, 0.05) is 37.4 Å². The van der Waals surface area contributed by atoms with E-state index in [1.165, 1.54) is 11.6 Å². The third-order valence-electron chi connectivity index (χ3n) is 6.98. The molecule has 1 saturated carbocycles. The number of nitrogen functional groups attached to an aromatic ring is 1. The number of amides is 2. The van der Waals surface area contributed by atoms with Gasteiger partial charge in [-0.1, -0.05) is 5.16 Å². The van der Waals surface area contributed by atoms with Crippen molar-refractivity contribution in [2.24, 2.45) is 21.6 Å². The summed E-state index contributed by atoms with van der Waals surface area (Å²) in [5, 5.41) is 25.1. The van der Waals surface area contributed by atoms with Crippen LogP contribution in [0.15, 0.2) is 21.7 Å². The minimum Gasteiger partial charge on any atom is -0.478 e. The molecule has 2 amide bonds. The number of β-lactam (4-membered cyclic amide) rings is 1. The molecule has 4 heterocycles. The average Bonchev–Trinajstić information content (AvgIpc) is 3.21. The zero-order valence-electron chi connectivity index (χ0n) is 22.3. The molecule has 0 bridgehead atoms. The fraction of sp³-hybridized carbons (Fsp3) is 0.524. The summed E-state index contributed by atoms with van der Waals surface area (Å²) in [7, 11) is -5.02. The van der Waals surface area contributed by atoms with Crippen LogP contribution in [0.4, 0.5) is 5.13 Å². The van der Waals surface area contributed by atoms with E-state index in [4.69, 9.17) is 22.0 Å². The first-order chi connectivity index (χ1) is 20.3. The van der Waals surface area contributed by atoms with Crippen LogP contribution in [-0.4, -0.2) is 114 Å². The quantitative estimate of drug-likeness (QED) is 0.0461. The van der Waals surface area contributed by atoms with E-state index in [0.717, 1.165) is 22.6 Å². The topological polar surface area (TPSA) is 300 Å². The highest BCUT2D eigenvalue weighted by Gasteiger charge is 2.56. The first-order valence-electron chi connectivity index (χ1n) is 12.8. The van der Waals surface area contributed by atoms with Crippen LogP contribution in [0.2, 0.25) is 0 Å². The van der Waals surface area contributed by atoms with Gasteiger partial charge < -0.3 is 37.4 Å². The number of carboxylic acid groups (broad SMARTS) is 1. The molecule has 9 N–H and O–H groups in total. The fourth-order valence-electron chi connectivity index (χ4n) is 4.46. The molecule has 0 radical (unpaired) electrons. The molecule has 3 atom stereocenters. The number of guanidine groups is 1. The third-order valence-corrected chi connectivity index (χ3v) is 8.60. The van der Waals surface area contributed by atoms with Crippen molar-refractivity contribution in [2.45, 2.75) is 56.1 Å². The number of hydrogen-bond acceptors (Lipinski definition) is 14. The predicted octanol–water partition coefficient (Wildman–Crippen LogP) is -3.30. The predicted molar refractivity (Wildman–Crippen MR) is 147 cm³/mol. The fourth-order valence-corrected chi connectivity index (χ4v) is 5.88. The van der Waals surface area contributed by atoms with Crippen LogP contribution in [0.5, 0.6) is 0 Å². The minimum atomic E-state index is -5.02. The summed E-state index contributed by atoms with van der Waals surface area (Å²) < 4.78 is 33.8. The number of rotatable bonds is 11. The molecular formula is C21H28N12O8S2. The maximum atomic E-state index is 13.2. The highest BCUT2D eigenvalue weighted by atomic mass is 32.2. The number of carbonyl (C=O) groups excluding carboxylic acids is 2. The minimum absolute atomic E-state index is 0.00749. The number of carbonyl (C=O) groups is 3. The summed E-state index contributed by atoms with van der Waals surface area (Å²) in [5.41, 5.74) is 15.8. The van der Waals surface area contributed by atoms with Gasteiger partial charge in [0.15, 0.2) is 16.8 Å². The number of anilines is 1. The molecule has 232 valence electrons. The van der Waals surface area contributed by atoms with E-state index < -0.39 is 51.5 Å². The SMILES string of the molecule is NC(=NCc1cnn(C[C@H]2C(NC(=O)/C(=N\OC3(C(=O)O)CC3)c3csc(N)n3)C(=O)N2S(=O)(=O)O)n1)N1CC[C@H](N)C1. The first-order valence-corrected chi connectivity index (χ1v) is 15.1. The zero-order valence-corrected chi connectivity index (χ0v) is 23.9. The Kier molecular flexibility index (Phi) is 7.93. The van der Waals surface area contributed by atoms with Crippen LogP contribution >= 0.6 is 11.3 Å². The van der Waals surface area contributed by atoms with Crippen molar-refractivity contribution in [3.8, 4) is 0 Å². The summed E-state index contributed by atoms with van der Waals surface area (Å²) in [6.07, 6.45) is 2.48. The number of thiazole rings is 1. The number of carboxylic acids is 1. The van der Waals surface area contributed by atoms with E-state index in [1.54, 1.807) is 0 Å². The van der Waals surface area contributed by atoms with Gasteiger partial charge in [-0.3, -0.25) is 14.1 Å². The lowest BCUT2D eigenvalue weighted by Crippen LogP contribution is -2.73. The molecular weight excluding hydrogens is 612 g/mol. The van der Waals surface area contributed by atoms with Crippen molar-refractivity contribution in [2.75, 3.05) is 18.8 Å². The molecule has 43 heavy (non-hydrogen) atoms. The van der Waals surface area contributed by atoms with Crippen LogP contribution < -0.4 is 22.5 Å². The second kappa shape index (κ2) is 11.3. The monoisotopic (exact) mass is 640 g/mol. The lowest BCUT2D eigenvalue weighted by Gasteiger charge is -2.43. The Morgan fingerprint density at radius 2 is 2.07 bits per heavy atom. The van der Waals surface area contributed by atoms with Gasteiger partial charge in [0.05, 0.1) is 19.3 Å². The van der Waals surface area contributed by atoms with Gasteiger partial charge in [-0.05, 0) is 6.42 Å². The highest BCUT2D eigenvalue weighted by Crippen LogP contribution is 2.40. The number of nitrogens with one attached hydrogen (secondary N) is 1. The Morgan fingerprint density at radius 1 is 1.33 bits per heavy atom. The van der Waals surface area contributed by atoms with Crippen molar-refractivity contribution in [1.29, 1.82) is 0 Å². The number of likely N-dealkylation sites (tertiary alicyclic amines) is 1. The molecule has 3 fully saturated rings. The van der Waals surface area contributed by atoms with Gasteiger partial charge in [-0.2, -0.15) is 23.4 Å². The summed E-state index contributed by atoms with van der Waals surface area (Å²) in [6, 6.07) is -2.82. The average molecular weight is 641 g/mol. The van der Waals surface area contributed by atoms with Crippen molar-refractivity contribution < 1.29 is 37.3 Å². The summed E-state index contributed by atoms with van der Waals surface area (Å²) in [6.45, 7) is 0.945. The molecule has 3 aliphatic rings. The third kappa shape index (κ3) is 6.35. The molecule has 0 spiro atoms. The van der Waals surface area contributed by atoms with Crippen LogP contribution in [0.3, 0.4) is 0 Å². The normalized spacial score (nSPS) is 23.7. The first kappa shape index (κ1) is 30.1. The van der Waals surface area contributed by atoms with Gasteiger partial charge in [0.2, 0.25) is 5.60 Å².